The molecule has 0 amide bonds. The highest BCUT2D eigenvalue weighted by Crippen LogP contribution is 2.46. The molecule has 0 saturated heterocycles. The second-order valence-corrected chi connectivity index (χ2v) is 8.57. The highest BCUT2D eigenvalue weighted by Gasteiger charge is 2.40. The minimum Gasteiger partial charge on any atom is -0.496 e. The number of rotatable bonds is 13. The lowest BCUT2D eigenvalue weighted by Crippen LogP contribution is -2.33. The first kappa shape index (κ1) is 26.3. The molecule has 0 aliphatic rings. The molecule has 0 N–H and O–H groups in total. The number of methoxy groups -OCH3 is 4. The van der Waals surface area contributed by atoms with Crippen molar-refractivity contribution in [1.82, 2.24) is 4.90 Å². The Kier molecular flexibility index (Phi) is 9.87. The zero-order chi connectivity index (χ0) is 24.4. The summed E-state index contributed by atoms with van der Waals surface area (Å²) < 4.78 is 22.3. The van der Waals surface area contributed by atoms with Crippen LogP contribution < -0.4 is 18.9 Å². The van der Waals surface area contributed by atoms with Crippen molar-refractivity contribution >= 4 is 0 Å². The van der Waals surface area contributed by atoms with E-state index in [9.17, 15) is 5.26 Å². The molecule has 6 heteroatoms. The van der Waals surface area contributed by atoms with Crippen LogP contribution >= 0.6 is 0 Å². The van der Waals surface area contributed by atoms with Gasteiger partial charge < -0.3 is 23.8 Å². The van der Waals surface area contributed by atoms with Crippen molar-refractivity contribution in [1.29, 1.82) is 5.26 Å². The summed E-state index contributed by atoms with van der Waals surface area (Å²) in [4.78, 5) is 2.29. The van der Waals surface area contributed by atoms with E-state index in [0.29, 0.717) is 17.9 Å². The topological polar surface area (TPSA) is 64.0 Å². The molecule has 0 radical (unpaired) electrons. The lowest BCUT2D eigenvalue weighted by molar-refractivity contribution is 0.279. The van der Waals surface area contributed by atoms with Gasteiger partial charge in [0.25, 0.3) is 0 Å². The molecule has 2 aromatic rings. The van der Waals surface area contributed by atoms with E-state index in [4.69, 9.17) is 18.9 Å². The summed E-state index contributed by atoms with van der Waals surface area (Å²) in [6.45, 7) is 5.90. The van der Waals surface area contributed by atoms with Crippen molar-refractivity contribution in [3.63, 3.8) is 0 Å². The maximum atomic E-state index is 10.4. The Balaban J connectivity index is 2.13. The fourth-order valence-corrected chi connectivity index (χ4v) is 4.45. The molecule has 0 aliphatic carbocycles. The molecule has 0 spiro atoms. The van der Waals surface area contributed by atoms with Gasteiger partial charge in [-0.25, -0.2) is 0 Å². The summed E-state index contributed by atoms with van der Waals surface area (Å²) in [6.07, 6.45) is 2.39. The molecule has 1 atom stereocenters. The van der Waals surface area contributed by atoms with Crippen LogP contribution in [0.15, 0.2) is 36.4 Å². The average Bonchev–Trinajstić information content (AvgIpc) is 2.84. The molecular weight excluding hydrogens is 416 g/mol. The number of likely N-dealkylation sites (N-methyl/N-ethyl adjacent to an activating group) is 1. The molecule has 0 heterocycles. The van der Waals surface area contributed by atoms with Crippen molar-refractivity contribution in [3.8, 4) is 29.1 Å². The van der Waals surface area contributed by atoms with Gasteiger partial charge in [0.15, 0.2) is 0 Å². The SMILES string of the molecule is COc1cccc(OC)c1CCN(C)CCCC(C#N)(c1c(OC)cccc1OC)C(C)C. The maximum Gasteiger partial charge on any atom is 0.127 e. The van der Waals surface area contributed by atoms with Gasteiger partial charge in [-0.15, -0.1) is 0 Å². The zero-order valence-corrected chi connectivity index (χ0v) is 21.1. The van der Waals surface area contributed by atoms with Gasteiger partial charge in [-0.05, 0) is 63.0 Å². The number of nitrogens with zero attached hydrogens (tertiary/aromatic N) is 2. The van der Waals surface area contributed by atoms with Crippen molar-refractivity contribution in [2.75, 3.05) is 48.6 Å². The highest BCUT2D eigenvalue weighted by atomic mass is 16.5. The normalized spacial score (nSPS) is 12.8. The summed E-state index contributed by atoms with van der Waals surface area (Å²) in [5, 5.41) is 10.4. The highest BCUT2D eigenvalue weighted by molar-refractivity contribution is 5.53. The second kappa shape index (κ2) is 12.4. The molecule has 0 fully saturated rings. The van der Waals surface area contributed by atoms with Gasteiger partial charge in [-0.2, -0.15) is 5.26 Å². The van der Waals surface area contributed by atoms with Crippen LogP contribution in [-0.2, 0) is 11.8 Å². The molecule has 0 aromatic heterocycles. The predicted molar refractivity (Wildman–Crippen MR) is 132 cm³/mol. The van der Waals surface area contributed by atoms with Crippen molar-refractivity contribution in [3.05, 3.63) is 47.5 Å². The molecule has 33 heavy (non-hydrogen) atoms. The van der Waals surface area contributed by atoms with E-state index in [2.05, 4.69) is 31.9 Å². The van der Waals surface area contributed by atoms with Gasteiger partial charge in [0.1, 0.15) is 23.0 Å². The van der Waals surface area contributed by atoms with Crippen LogP contribution in [-0.4, -0.2) is 53.5 Å². The monoisotopic (exact) mass is 454 g/mol. The van der Waals surface area contributed by atoms with Crippen LogP contribution in [0, 0.1) is 17.2 Å². The third-order valence-electron chi connectivity index (χ3n) is 6.44. The smallest absolute Gasteiger partial charge is 0.127 e. The molecule has 0 saturated carbocycles. The standard InChI is InChI=1S/C27H38N2O4/c1-20(2)27(19-28,26-24(32-6)13-9-14-25(26)33-7)16-10-17-29(3)18-15-21-22(30-4)11-8-12-23(21)31-5/h8-9,11-14,20H,10,15-18H2,1-7H3. The summed E-state index contributed by atoms with van der Waals surface area (Å²) >= 11 is 0. The summed E-state index contributed by atoms with van der Waals surface area (Å²) in [5.41, 5.74) is 1.21. The minimum absolute atomic E-state index is 0.0934. The van der Waals surface area contributed by atoms with Gasteiger partial charge in [0, 0.05) is 12.1 Å². The molecule has 2 rings (SSSR count). The van der Waals surface area contributed by atoms with E-state index in [1.165, 1.54) is 0 Å². The van der Waals surface area contributed by atoms with Crippen LogP contribution in [0.25, 0.3) is 0 Å². The van der Waals surface area contributed by atoms with Gasteiger partial charge in [-0.3, -0.25) is 0 Å². The Morgan fingerprint density at radius 1 is 0.848 bits per heavy atom. The van der Waals surface area contributed by atoms with E-state index in [0.717, 1.165) is 48.6 Å². The van der Waals surface area contributed by atoms with E-state index in [-0.39, 0.29) is 5.92 Å². The number of hydrogen-bond donors (Lipinski definition) is 0. The van der Waals surface area contributed by atoms with E-state index >= 15 is 0 Å². The lowest BCUT2D eigenvalue weighted by atomic mass is 9.69. The average molecular weight is 455 g/mol. The Hall–Kier alpha value is -2.91. The minimum atomic E-state index is -0.704. The Morgan fingerprint density at radius 3 is 1.76 bits per heavy atom. The fourth-order valence-electron chi connectivity index (χ4n) is 4.45. The Labute approximate surface area is 199 Å². The van der Waals surface area contributed by atoms with Gasteiger partial charge >= 0.3 is 0 Å². The first-order valence-electron chi connectivity index (χ1n) is 11.4. The zero-order valence-electron chi connectivity index (χ0n) is 21.1. The van der Waals surface area contributed by atoms with Crippen LogP contribution in [0.5, 0.6) is 23.0 Å². The Bertz CT molecular complexity index is 894. The number of ether oxygens (including phenoxy) is 4. The number of hydrogen-bond acceptors (Lipinski definition) is 6. The largest absolute Gasteiger partial charge is 0.496 e. The Morgan fingerprint density at radius 2 is 1.33 bits per heavy atom. The molecule has 0 bridgehead atoms. The second-order valence-electron chi connectivity index (χ2n) is 8.57. The molecule has 0 aliphatic heterocycles. The molecule has 6 nitrogen and oxygen atoms in total. The summed E-state index contributed by atoms with van der Waals surface area (Å²) in [5.74, 6) is 3.17. The summed E-state index contributed by atoms with van der Waals surface area (Å²) in [6, 6.07) is 14.2. The first-order chi connectivity index (χ1) is 15.9. The summed E-state index contributed by atoms with van der Waals surface area (Å²) in [7, 11) is 8.75. The third kappa shape index (κ3) is 5.91. The predicted octanol–water partition coefficient (Wildman–Crippen LogP) is 5.09. The van der Waals surface area contributed by atoms with E-state index < -0.39 is 5.41 Å². The van der Waals surface area contributed by atoms with Crippen LogP contribution in [0.2, 0.25) is 0 Å². The van der Waals surface area contributed by atoms with Crippen molar-refractivity contribution in [2.45, 2.75) is 38.5 Å². The van der Waals surface area contributed by atoms with E-state index in [1.807, 2.05) is 36.4 Å². The maximum absolute atomic E-state index is 10.4. The van der Waals surface area contributed by atoms with Gasteiger partial charge in [0.05, 0.1) is 45.5 Å². The molecule has 1 unspecified atom stereocenters. The first-order valence-corrected chi connectivity index (χ1v) is 11.4. The van der Waals surface area contributed by atoms with Crippen LogP contribution in [0.3, 0.4) is 0 Å². The molecule has 2 aromatic carbocycles. The molecular formula is C27H38N2O4. The van der Waals surface area contributed by atoms with Gasteiger partial charge in [0.2, 0.25) is 0 Å². The quantitative estimate of drug-likeness (QED) is 0.420. The van der Waals surface area contributed by atoms with E-state index in [1.54, 1.807) is 28.4 Å². The van der Waals surface area contributed by atoms with Crippen molar-refractivity contribution in [2.24, 2.45) is 5.92 Å². The lowest BCUT2D eigenvalue weighted by Gasteiger charge is -2.34. The van der Waals surface area contributed by atoms with Crippen molar-refractivity contribution < 1.29 is 18.9 Å². The van der Waals surface area contributed by atoms with Crippen LogP contribution in [0.4, 0.5) is 0 Å². The van der Waals surface area contributed by atoms with Crippen LogP contribution in [0.1, 0.15) is 37.8 Å². The molecule has 180 valence electrons. The van der Waals surface area contributed by atoms with Gasteiger partial charge in [-0.1, -0.05) is 26.0 Å². The fraction of sp³-hybridized carbons (Fsp3) is 0.519. The number of nitriles is 1. The number of benzene rings is 2. The third-order valence-corrected chi connectivity index (χ3v) is 6.44.